The monoisotopic (exact) mass is 239 g/mol. The lowest BCUT2D eigenvalue weighted by Crippen LogP contribution is -2.28. The molecule has 0 aliphatic carbocycles. The first-order valence-corrected chi connectivity index (χ1v) is 6.09. The molecule has 1 atom stereocenters. The number of carboxylic acid groups (broad SMARTS) is 1. The van der Waals surface area contributed by atoms with E-state index in [1.165, 1.54) is 11.3 Å². The summed E-state index contributed by atoms with van der Waals surface area (Å²) in [4.78, 5) is 25.0. The fourth-order valence-electron chi connectivity index (χ4n) is 1.99. The summed E-state index contributed by atoms with van der Waals surface area (Å²) in [6.45, 7) is 1.25. The zero-order chi connectivity index (χ0) is 11.5. The van der Waals surface area contributed by atoms with E-state index in [9.17, 15) is 9.59 Å². The first-order chi connectivity index (χ1) is 7.66. The highest BCUT2D eigenvalue weighted by atomic mass is 32.1. The Bertz CT molecular complexity index is 388. The van der Waals surface area contributed by atoms with Crippen molar-refractivity contribution in [3.63, 3.8) is 0 Å². The number of rotatable bonds is 3. The standard InChI is InChI=1S/C11H13NO3S/c13-10(14)6-8-3-4-12(7-8)11(15)9-2-1-5-16-9/h1-2,5,8H,3-4,6-7H2,(H,13,14). The van der Waals surface area contributed by atoms with Crippen LogP contribution in [0.25, 0.3) is 0 Å². The van der Waals surface area contributed by atoms with Gasteiger partial charge in [-0.05, 0) is 23.8 Å². The Morgan fingerprint density at radius 2 is 2.38 bits per heavy atom. The molecule has 1 unspecified atom stereocenters. The van der Waals surface area contributed by atoms with E-state index in [-0.39, 0.29) is 18.2 Å². The van der Waals surface area contributed by atoms with Crippen LogP contribution in [0.4, 0.5) is 0 Å². The highest BCUT2D eigenvalue weighted by Crippen LogP contribution is 2.22. The maximum Gasteiger partial charge on any atom is 0.303 e. The van der Waals surface area contributed by atoms with E-state index in [0.717, 1.165) is 11.3 Å². The smallest absolute Gasteiger partial charge is 0.303 e. The van der Waals surface area contributed by atoms with Crippen molar-refractivity contribution in [1.29, 1.82) is 0 Å². The molecule has 5 heteroatoms. The number of likely N-dealkylation sites (tertiary alicyclic amines) is 1. The van der Waals surface area contributed by atoms with Crippen molar-refractivity contribution in [3.05, 3.63) is 22.4 Å². The van der Waals surface area contributed by atoms with Gasteiger partial charge in [0, 0.05) is 19.5 Å². The molecule has 1 saturated heterocycles. The third-order valence-electron chi connectivity index (χ3n) is 2.77. The lowest BCUT2D eigenvalue weighted by molar-refractivity contribution is -0.138. The van der Waals surface area contributed by atoms with E-state index >= 15 is 0 Å². The van der Waals surface area contributed by atoms with Crippen LogP contribution in [0.1, 0.15) is 22.5 Å². The van der Waals surface area contributed by atoms with E-state index in [2.05, 4.69) is 0 Å². The summed E-state index contributed by atoms with van der Waals surface area (Å²) in [5.74, 6) is -0.639. The molecule has 1 amide bonds. The number of carboxylic acids is 1. The largest absolute Gasteiger partial charge is 0.481 e. The maximum absolute atomic E-state index is 11.9. The van der Waals surface area contributed by atoms with Crippen LogP contribution >= 0.6 is 11.3 Å². The third-order valence-corrected chi connectivity index (χ3v) is 3.63. The van der Waals surface area contributed by atoms with Crippen molar-refractivity contribution in [2.24, 2.45) is 5.92 Å². The van der Waals surface area contributed by atoms with Gasteiger partial charge in [-0.1, -0.05) is 6.07 Å². The number of nitrogens with zero attached hydrogens (tertiary/aromatic N) is 1. The molecule has 1 aliphatic rings. The van der Waals surface area contributed by atoms with Crippen LogP contribution in [0.5, 0.6) is 0 Å². The van der Waals surface area contributed by atoms with Crippen molar-refractivity contribution in [3.8, 4) is 0 Å². The molecular formula is C11H13NO3S. The number of hydrogen-bond acceptors (Lipinski definition) is 3. The second kappa shape index (κ2) is 4.65. The Labute approximate surface area is 97.5 Å². The van der Waals surface area contributed by atoms with Crippen LogP contribution < -0.4 is 0 Å². The van der Waals surface area contributed by atoms with Gasteiger partial charge in [-0.25, -0.2) is 0 Å². The predicted molar refractivity (Wildman–Crippen MR) is 60.6 cm³/mol. The molecule has 1 N–H and O–H groups in total. The molecule has 86 valence electrons. The Hall–Kier alpha value is -1.36. The zero-order valence-electron chi connectivity index (χ0n) is 8.76. The SMILES string of the molecule is O=C(O)CC1CCN(C(=O)c2cccs2)C1. The molecule has 16 heavy (non-hydrogen) atoms. The second-order valence-corrected chi connectivity index (χ2v) is 4.93. The maximum atomic E-state index is 11.9. The molecular weight excluding hydrogens is 226 g/mol. The first kappa shape index (κ1) is 11.1. The van der Waals surface area contributed by atoms with Gasteiger partial charge >= 0.3 is 5.97 Å². The van der Waals surface area contributed by atoms with Crippen LogP contribution in [-0.2, 0) is 4.79 Å². The average molecular weight is 239 g/mol. The minimum atomic E-state index is -0.782. The van der Waals surface area contributed by atoms with Crippen LogP contribution in [0, 0.1) is 5.92 Å². The van der Waals surface area contributed by atoms with Crippen LogP contribution in [0.2, 0.25) is 0 Å². The van der Waals surface area contributed by atoms with Crippen LogP contribution in [0.15, 0.2) is 17.5 Å². The minimum absolute atomic E-state index is 0.0305. The van der Waals surface area contributed by atoms with E-state index in [1.54, 1.807) is 11.0 Å². The highest BCUT2D eigenvalue weighted by molar-refractivity contribution is 7.12. The molecule has 2 rings (SSSR count). The van der Waals surface area contributed by atoms with Gasteiger partial charge in [0.25, 0.3) is 5.91 Å². The first-order valence-electron chi connectivity index (χ1n) is 5.21. The number of carbonyl (C=O) groups is 2. The molecule has 1 aromatic rings. The topological polar surface area (TPSA) is 57.6 Å². The Kier molecular flexibility index (Phi) is 3.24. The van der Waals surface area contributed by atoms with Crippen LogP contribution in [0.3, 0.4) is 0 Å². The van der Waals surface area contributed by atoms with Crippen molar-refractivity contribution in [2.75, 3.05) is 13.1 Å². The summed E-state index contributed by atoms with van der Waals surface area (Å²) in [7, 11) is 0. The normalized spacial score (nSPS) is 20.0. The minimum Gasteiger partial charge on any atom is -0.481 e. The van der Waals surface area contributed by atoms with Crippen molar-refractivity contribution >= 4 is 23.2 Å². The number of aliphatic carboxylic acids is 1. The van der Waals surface area contributed by atoms with E-state index in [1.807, 2.05) is 11.4 Å². The van der Waals surface area contributed by atoms with Gasteiger partial charge in [0.15, 0.2) is 0 Å². The van der Waals surface area contributed by atoms with Crippen molar-refractivity contribution in [2.45, 2.75) is 12.8 Å². The molecule has 0 bridgehead atoms. The lowest BCUT2D eigenvalue weighted by atomic mass is 10.1. The number of thiophene rings is 1. The molecule has 0 saturated carbocycles. The van der Waals surface area contributed by atoms with Gasteiger partial charge in [-0.15, -0.1) is 11.3 Å². The van der Waals surface area contributed by atoms with Gasteiger partial charge in [0.05, 0.1) is 4.88 Å². The van der Waals surface area contributed by atoms with Gasteiger partial charge in [-0.3, -0.25) is 9.59 Å². The lowest BCUT2D eigenvalue weighted by Gasteiger charge is -2.14. The summed E-state index contributed by atoms with van der Waals surface area (Å²) in [5, 5.41) is 10.6. The summed E-state index contributed by atoms with van der Waals surface area (Å²) in [6, 6.07) is 3.65. The summed E-state index contributed by atoms with van der Waals surface area (Å²) in [5.41, 5.74) is 0. The van der Waals surface area contributed by atoms with Crippen LogP contribution in [-0.4, -0.2) is 35.0 Å². The van der Waals surface area contributed by atoms with Crippen molar-refractivity contribution in [1.82, 2.24) is 4.90 Å². The molecule has 1 fully saturated rings. The highest BCUT2D eigenvalue weighted by Gasteiger charge is 2.28. The second-order valence-electron chi connectivity index (χ2n) is 3.98. The number of amides is 1. The van der Waals surface area contributed by atoms with Gasteiger partial charge in [-0.2, -0.15) is 0 Å². The Balaban J connectivity index is 1.94. The zero-order valence-corrected chi connectivity index (χ0v) is 9.57. The summed E-state index contributed by atoms with van der Waals surface area (Å²) in [6.07, 6.45) is 0.956. The Morgan fingerprint density at radius 3 is 3.00 bits per heavy atom. The third kappa shape index (κ3) is 2.41. The van der Waals surface area contributed by atoms with E-state index in [4.69, 9.17) is 5.11 Å². The van der Waals surface area contributed by atoms with E-state index < -0.39 is 5.97 Å². The molecule has 2 heterocycles. The quantitative estimate of drug-likeness (QED) is 0.873. The summed E-state index contributed by atoms with van der Waals surface area (Å²) < 4.78 is 0. The van der Waals surface area contributed by atoms with Crippen molar-refractivity contribution < 1.29 is 14.7 Å². The molecule has 0 radical (unpaired) electrons. The van der Waals surface area contributed by atoms with Gasteiger partial charge in [0.2, 0.25) is 0 Å². The number of carbonyl (C=O) groups excluding carboxylic acids is 1. The van der Waals surface area contributed by atoms with E-state index in [0.29, 0.717) is 13.1 Å². The predicted octanol–water partition coefficient (Wildman–Crippen LogP) is 1.68. The Morgan fingerprint density at radius 1 is 1.56 bits per heavy atom. The fourth-order valence-corrected chi connectivity index (χ4v) is 2.68. The molecule has 0 aromatic carbocycles. The summed E-state index contributed by atoms with van der Waals surface area (Å²) >= 11 is 1.43. The number of hydrogen-bond donors (Lipinski definition) is 1. The van der Waals surface area contributed by atoms with Gasteiger partial charge in [0.1, 0.15) is 0 Å². The average Bonchev–Trinajstić information content (AvgIpc) is 2.84. The molecule has 4 nitrogen and oxygen atoms in total. The van der Waals surface area contributed by atoms with Gasteiger partial charge < -0.3 is 10.0 Å². The molecule has 1 aliphatic heterocycles. The molecule has 0 spiro atoms. The molecule has 1 aromatic heterocycles. The fraction of sp³-hybridized carbons (Fsp3) is 0.455.